The van der Waals surface area contributed by atoms with Crippen LogP contribution in [0.15, 0.2) is 238 Å². The Balaban J connectivity index is 1.05. The summed E-state index contributed by atoms with van der Waals surface area (Å²) in [5.74, 6) is -0.457. The van der Waals surface area contributed by atoms with E-state index < -0.39 is 40.5 Å². The van der Waals surface area contributed by atoms with E-state index in [2.05, 4.69) is 0 Å². The molecule has 0 N–H and O–H groups in total. The lowest BCUT2D eigenvalue weighted by Gasteiger charge is -2.23. The van der Waals surface area contributed by atoms with Crippen molar-refractivity contribution >= 4 is 106 Å². The number of fused-ring (bicyclic) bond motifs is 12. The van der Waals surface area contributed by atoms with Gasteiger partial charge in [0.05, 0.1) is 0 Å². The molecule has 488 valence electrons. The monoisotopic (exact) mass is 1360 g/mol. The first-order valence-electron chi connectivity index (χ1n) is 30.9. The second-order valence-corrected chi connectivity index (χ2v) is 30.6. The molecule has 20 heteroatoms. The maximum Gasteiger partial charge on any atom is 0.339 e. The van der Waals surface area contributed by atoms with E-state index in [1.54, 1.807) is 146 Å². The van der Waals surface area contributed by atoms with Crippen molar-refractivity contribution < 1.29 is 50.4 Å². The number of anilines is 4. The molecular formula is C76H68N4O12S4. The van der Waals surface area contributed by atoms with E-state index in [-0.39, 0.29) is 113 Å². The van der Waals surface area contributed by atoms with Gasteiger partial charge in [-0.05, 0) is 48.5 Å². The first-order chi connectivity index (χ1) is 45.9. The third-order valence-electron chi connectivity index (χ3n) is 17.4. The quantitative estimate of drug-likeness (QED) is 0.0831. The van der Waals surface area contributed by atoms with Gasteiger partial charge in [0.2, 0.25) is 0 Å². The summed E-state index contributed by atoms with van der Waals surface area (Å²) < 4.78 is 150. The number of benzene rings is 12. The third-order valence-corrected chi connectivity index (χ3v) is 22.6. The van der Waals surface area contributed by atoms with Gasteiger partial charge in [-0.15, -0.1) is 0 Å². The summed E-state index contributed by atoms with van der Waals surface area (Å²) in [6.45, 7) is 0. The molecule has 0 saturated carbocycles. The van der Waals surface area contributed by atoms with Gasteiger partial charge in [-0.2, -0.15) is 33.7 Å². The van der Waals surface area contributed by atoms with Gasteiger partial charge in [0, 0.05) is 192 Å². The minimum atomic E-state index is -4.78. The van der Waals surface area contributed by atoms with Crippen LogP contribution in [0.2, 0.25) is 0 Å². The highest BCUT2D eigenvalue weighted by molar-refractivity contribution is 7.88. The standard InChI is InChI=1S/C76H68N4O12S4/c1-77(2)65-37-13-33-61-57(65)29-17-41-69(61)93(81,82)89-73-49-21-9-22-50(73)46-52-24-11-26-54(75(52)91-95(85,86)71-43-19-31-59-63(71)35-15-39-67(59)79(5)6)48-56-28-12-27-55(76(56)92-96(87,88)72-44-20-32-60-64(72)36-16-40-68(60)80(7)8)47-53-25-10-23-51(45-49)74(53)90-94(83,84)70-42-18-30-58-62(70)34-14-38-66(58)78(3)4/h9-44H,45-48H2,1-8H3. The van der Waals surface area contributed by atoms with E-state index >= 15 is 33.7 Å². The summed E-state index contributed by atoms with van der Waals surface area (Å²) in [4.78, 5) is 7.04. The zero-order chi connectivity index (χ0) is 67.6. The summed E-state index contributed by atoms with van der Waals surface area (Å²) in [6.07, 6.45) is -0.835. The van der Waals surface area contributed by atoms with Crippen molar-refractivity contribution in [3.05, 3.63) is 263 Å². The maximum absolute atomic E-state index is 15.4. The van der Waals surface area contributed by atoms with Gasteiger partial charge < -0.3 is 36.3 Å². The highest BCUT2D eigenvalue weighted by atomic mass is 32.2. The Bertz CT molecular complexity index is 4830. The first kappa shape index (κ1) is 64.6. The van der Waals surface area contributed by atoms with Crippen LogP contribution in [0.3, 0.4) is 0 Å². The smallest absolute Gasteiger partial charge is 0.339 e. The first-order valence-corrected chi connectivity index (χ1v) is 36.5. The van der Waals surface area contributed by atoms with Crippen molar-refractivity contribution in [3.63, 3.8) is 0 Å². The maximum atomic E-state index is 15.4. The van der Waals surface area contributed by atoms with Crippen LogP contribution in [0, 0.1) is 0 Å². The third kappa shape index (κ3) is 12.1. The molecule has 12 aromatic carbocycles. The Kier molecular flexibility index (Phi) is 17.0. The molecule has 0 saturated heterocycles. The van der Waals surface area contributed by atoms with Gasteiger partial charge in [-0.3, -0.25) is 0 Å². The molecule has 0 atom stereocenters. The van der Waals surface area contributed by atoms with Crippen molar-refractivity contribution in [2.45, 2.75) is 45.3 Å². The van der Waals surface area contributed by atoms with Crippen LogP contribution in [0.5, 0.6) is 23.0 Å². The minimum absolute atomic E-state index is 0.114. The lowest BCUT2D eigenvalue weighted by Crippen LogP contribution is -2.17. The zero-order valence-corrected chi connectivity index (χ0v) is 57.2. The zero-order valence-electron chi connectivity index (χ0n) is 53.9. The Labute approximate surface area is 560 Å². The van der Waals surface area contributed by atoms with E-state index in [1.165, 1.54) is 24.3 Å². The number of hydrogen-bond acceptors (Lipinski definition) is 16. The van der Waals surface area contributed by atoms with E-state index in [0.717, 1.165) is 22.7 Å². The fraction of sp³-hybridized carbons (Fsp3) is 0.158. The molecule has 0 amide bonds. The Morgan fingerprint density at radius 3 is 0.552 bits per heavy atom. The largest absolute Gasteiger partial charge is 0.378 e. The number of rotatable bonds is 16. The summed E-state index contributed by atoms with van der Waals surface area (Å²) >= 11 is 0. The SMILES string of the molecule is CN(C)c1cccc2c(S(=O)(=O)Oc3c4cccc3Cc3cccc(c3OS(=O)(=O)c3cccc5c(N(C)C)cccc35)Cc3cccc(c3OS(=O)(=O)c3cccc5c(N(C)C)cccc35)Cc3cccc(c3OS(=O)(=O)c3cccc5c(N(C)C)cccc35)C4)cccc12. The van der Waals surface area contributed by atoms with Crippen LogP contribution in [0.25, 0.3) is 43.1 Å². The average Bonchev–Trinajstić information content (AvgIpc) is 0.779. The van der Waals surface area contributed by atoms with Crippen LogP contribution in [0.1, 0.15) is 44.5 Å². The van der Waals surface area contributed by atoms with Crippen molar-refractivity contribution in [2.24, 2.45) is 0 Å². The summed E-state index contributed by atoms with van der Waals surface area (Å²) in [6, 6.07) is 61.6. The molecule has 16 nitrogen and oxygen atoms in total. The second-order valence-electron chi connectivity index (χ2n) is 24.6. The summed E-state index contributed by atoms with van der Waals surface area (Å²) in [7, 11) is -4.21. The van der Waals surface area contributed by atoms with Crippen LogP contribution in [-0.2, 0) is 66.2 Å². The molecule has 8 bridgehead atoms. The molecule has 0 unspecified atom stereocenters. The Morgan fingerprint density at radius 2 is 0.375 bits per heavy atom. The molecule has 0 spiro atoms. The Morgan fingerprint density at radius 1 is 0.219 bits per heavy atom. The van der Waals surface area contributed by atoms with Crippen LogP contribution in [0.4, 0.5) is 22.7 Å². The molecule has 0 fully saturated rings. The molecule has 12 aromatic rings. The van der Waals surface area contributed by atoms with Gasteiger partial charge in [0.15, 0.2) is 0 Å². The number of para-hydroxylation sites is 4. The van der Waals surface area contributed by atoms with Crippen molar-refractivity contribution in [2.75, 3.05) is 76.0 Å². The molecule has 96 heavy (non-hydrogen) atoms. The van der Waals surface area contributed by atoms with Crippen LogP contribution >= 0.6 is 0 Å². The highest BCUT2D eigenvalue weighted by Crippen LogP contribution is 2.44. The molecule has 1 aliphatic carbocycles. The molecule has 1 aliphatic rings. The van der Waals surface area contributed by atoms with E-state index in [0.29, 0.717) is 43.1 Å². The topological polar surface area (TPSA) is 186 Å². The van der Waals surface area contributed by atoms with Gasteiger partial charge in [0.25, 0.3) is 0 Å². The van der Waals surface area contributed by atoms with Crippen molar-refractivity contribution in [3.8, 4) is 23.0 Å². The normalized spacial score (nSPS) is 12.8. The second kappa shape index (κ2) is 25.2. The lowest BCUT2D eigenvalue weighted by atomic mass is 9.91. The van der Waals surface area contributed by atoms with E-state index in [4.69, 9.17) is 16.7 Å². The fourth-order valence-electron chi connectivity index (χ4n) is 13.0. The molecule has 13 rings (SSSR count). The molecule has 0 radical (unpaired) electrons. The lowest BCUT2D eigenvalue weighted by molar-refractivity contribution is 0.479. The number of nitrogens with zero attached hydrogens (tertiary/aromatic N) is 4. The van der Waals surface area contributed by atoms with Gasteiger partial charge in [-0.25, -0.2) is 0 Å². The summed E-state index contributed by atoms with van der Waals surface area (Å²) in [5, 5.41) is 4.18. The fourth-order valence-corrected chi connectivity index (χ4v) is 17.9. The predicted molar refractivity (Wildman–Crippen MR) is 381 cm³/mol. The molecule has 0 heterocycles. The average molecular weight is 1360 g/mol. The van der Waals surface area contributed by atoms with Crippen molar-refractivity contribution in [1.82, 2.24) is 0 Å². The van der Waals surface area contributed by atoms with Gasteiger partial charge >= 0.3 is 40.5 Å². The van der Waals surface area contributed by atoms with Gasteiger partial charge in [-0.1, -0.05) is 170 Å². The molecule has 0 aliphatic heterocycles. The minimum Gasteiger partial charge on any atom is -0.378 e. The van der Waals surface area contributed by atoms with E-state index in [9.17, 15) is 0 Å². The molecular weight excluding hydrogens is 1290 g/mol. The van der Waals surface area contributed by atoms with Gasteiger partial charge in [0.1, 0.15) is 42.6 Å². The highest BCUT2D eigenvalue weighted by Gasteiger charge is 2.33. The van der Waals surface area contributed by atoms with E-state index in [1.807, 2.05) is 125 Å². The number of hydrogen-bond donors (Lipinski definition) is 0. The van der Waals surface area contributed by atoms with Crippen LogP contribution < -0.4 is 36.3 Å². The summed E-state index contributed by atoms with van der Waals surface area (Å²) in [5.41, 5.74) is 5.29. The van der Waals surface area contributed by atoms with Crippen molar-refractivity contribution in [1.29, 1.82) is 0 Å². The van der Waals surface area contributed by atoms with Crippen LogP contribution in [-0.4, -0.2) is 90.1 Å². The predicted octanol–water partition coefficient (Wildman–Crippen LogP) is 14.3. The Hall–Kier alpha value is -10.1. The molecule has 0 aromatic heterocycles.